The minimum atomic E-state index is -0.307. The van der Waals surface area contributed by atoms with E-state index in [4.69, 9.17) is 9.31 Å². The SMILES string of the molecule is CN1CCN(C)C1c1ccccc1B1OC(C)(C)C(C)(C)O1. The van der Waals surface area contributed by atoms with Gasteiger partial charge in [-0.25, -0.2) is 0 Å². The van der Waals surface area contributed by atoms with E-state index in [2.05, 4.69) is 75.9 Å². The maximum atomic E-state index is 6.26. The van der Waals surface area contributed by atoms with Crippen LogP contribution in [0.25, 0.3) is 0 Å². The minimum Gasteiger partial charge on any atom is -0.399 e. The van der Waals surface area contributed by atoms with Crippen molar-refractivity contribution in [3.63, 3.8) is 0 Å². The van der Waals surface area contributed by atoms with Gasteiger partial charge in [0.25, 0.3) is 0 Å². The first kappa shape index (κ1) is 16.0. The summed E-state index contributed by atoms with van der Waals surface area (Å²) >= 11 is 0. The van der Waals surface area contributed by atoms with E-state index < -0.39 is 0 Å². The summed E-state index contributed by atoms with van der Waals surface area (Å²) in [6.45, 7) is 10.6. The highest BCUT2D eigenvalue weighted by atomic mass is 16.7. The molecule has 1 aromatic carbocycles. The van der Waals surface area contributed by atoms with Crippen molar-refractivity contribution < 1.29 is 9.31 Å². The molecular weight excluding hydrogens is 275 g/mol. The minimum absolute atomic E-state index is 0.287. The van der Waals surface area contributed by atoms with Crippen LogP contribution in [0.3, 0.4) is 0 Å². The summed E-state index contributed by atoms with van der Waals surface area (Å²) in [4.78, 5) is 4.76. The van der Waals surface area contributed by atoms with E-state index >= 15 is 0 Å². The molecule has 0 unspecified atom stereocenters. The second-order valence-corrected chi connectivity index (χ2v) is 7.55. The Morgan fingerprint density at radius 3 is 2.00 bits per heavy atom. The molecule has 1 aromatic rings. The van der Waals surface area contributed by atoms with Gasteiger partial charge in [0.05, 0.1) is 17.4 Å². The van der Waals surface area contributed by atoms with Crippen molar-refractivity contribution >= 4 is 12.6 Å². The maximum absolute atomic E-state index is 6.26. The van der Waals surface area contributed by atoms with Gasteiger partial charge in [0, 0.05) is 13.1 Å². The lowest BCUT2D eigenvalue weighted by Gasteiger charge is -2.32. The monoisotopic (exact) mass is 302 g/mol. The van der Waals surface area contributed by atoms with E-state index in [9.17, 15) is 0 Å². The van der Waals surface area contributed by atoms with Gasteiger partial charge in [-0.05, 0) is 52.8 Å². The van der Waals surface area contributed by atoms with Crippen LogP contribution >= 0.6 is 0 Å². The van der Waals surface area contributed by atoms with Crippen LogP contribution in [-0.2, 0) is 9.31 Å². The zero-order valence-electron chi connectivity index (χ0n) is 14.6. The molecular formula is C17H27BN2O2. The largest absolute Gasteiger partial charge is 0.495 e. The predicted molar refractivity (Wildman–Crippen MR) is 90.2 cm³/mol. The summed E-state index contributed by atoms with van der Waals surface area (Å²) < 4.78 is 12.5. The third-order valence-corrected chi connectivity index (χ3v) is 5.42. The van der Waals surface area contributed by atoms with Crippen molar-refractivity contribution in [2.45, 2.75) is 45.1 Å². The molecule has 0 saturated carbocycles. The Labute approximate surface area is 134 Å². The van der Waals surface area contributed by atoms with Gasteiger partial charge in [0.1, 0.15) is 0 Å². The van der Waals surface area contributed by atoms with Gasteiger partial charge in [0.2, 0.25) is 0 Å². The highest BCUT2D eigenvalue weighted by Gasteiger charge is 2.52. The van der Waals surface area contributed by atoms with Gasteiger partial charge in [0.15, 0.2) is 0 Å². The van der Waals surface area contributed by atoms with E-state index in [1.54, 1.807) is 0 Å². The van der Waals surface area contributed by atoms with E-state index in [1.165, 1.54) is 5.56 Å². The van der Waals surface area contributed by atoms with Crippen LogP contribution in [0.2, 0.25) is 0 Å². The van der Waals surface area contributed by atoms with Crippen LogP contribution in [0.1, 0.15) is 39.4 Å². The van der Waals surface area contributed by atoms with Crippen molar-refractivity contribution in [3.8, 4) is 0 Å². The van der Waals surface area contributed by atoms with Crippen molar-refractivity contribution in [2.75, 3.05) is 27.2 Å². The molecule has 0 aliphatic carbocycles. The summed E-state index contributed by atoms with van der Waals surface area (Å²) in [5.74, 6) is 0. The Morgan fingerprint density at radius 1 is 0.955 bits per heavy atom. The van der Waals surface area contributed by atoms with Crippen LogP contribution in [-0.4, -0.2) is 55.3 Å². The third-order valence-electron chi connectivity index (χ3n) is 5.42. The maximum Gasteiger partial charge on any atom is 0.495 e. The first-order chi connectivity index (χ1) is 10.2. The second-order valence-electron chi connectivity index (χ2n) is 7.55. The standard InChI is InChI=1S/C17H27BN2O2/c1-16(2)17(3,4)22-18(21-16)14-10-8-7-9-13(14)15-19(5)11-12-20(15)6/h7-10,15H,11-12H2,1-6H3. The van der Waals surface area contributed by atoms with Crippen molar-refractivity contribution in [1.82, 2.24) is 9.80 Å². The number of benzene rings is 1. The zero-order valence-corrected chi connectivity index (χ0v) is 14.6. The highest BCUT2D eigenvalue weighted by Crippen LogP contribution is 2.37. The Bertz CT molecular complexity index is 535. The molecule has 0 atom stereocenters. The first-order valence-electron chi connectivity index (χ1n) is 8.08. The van der Waals surface area contributed by atoms with Gasteiger partial charge in [-0.3, -0.25) is 9.80 Å². The number of nitrogens with zero attached hydrogens (tertiary/aromatic N) is 2. The van der Waals surface area contributed by atoms with E-state index in [0.29, 0.717) is 0 Å². The molecule has 120 valence electrons. The predicted octanol–water partition coefficient (Wildman–Crippen LogP) is 1.86. The van der Waals surface area contributed by atoms with Crippen molar-refractivity contribution in [3.05, 3.63) is 29.8 Å². The number of rotatable bonds is 2. The van der Waals surface area contributed by atoms with Crippen molar-refractivity contribution in [2.24, 2.45) is 0 Å². The molecule has 2 heterocycles. The number of likely N-dealkylation sites (N-methyl/N-ethyl adjacent to an activating group) is 2. The van der Waals surface area contributed by atoms with Crippen molar-refractivity contribution in [1.29, 1.82) is 0 Å². The zero-order chi connectivity index (χ0) is 16.1. The van der Waals surface area contributed by atoms with Gasteiger partial charge in [-0.15, -0.1) is 0 Å². The summed E-state index contributed by atoms with van der Waals surface area (Å²) in [6, 6.07) is 8.50. The normalized spacial score (nSPS) is 26.0. The molecule has 0 aromatic heterocycles. The average molecular weight is 302 g/mol. The smallest absolute Gasteiger partial charge is 0.399 e. The summed E-state index contributed by atoms with van der Waals surface area (Å²) in [5, 5.41) is 0. The van der Waals surface area contributed by atoms with Crippen LogP contribution in [0.15, 0.2) is 24.3 Å². The Balaban J connectivity index is 1.96. The molecule has 0 spiro atoms. The van der Waals surface area contributed by atoms with Gasteiger partial charge >= 0.3 is 7.12 Å². The lowest BCUT2D eigenvalue weighted by atomic mass is 9.75. The van der Waals surface area contributed by atoms with Gasteiger partial charge in [-0.1, -0.05) is 24.3 Å². The topological polar surface area (TPSA) is 24.9 Å². The molecule has 2 aliphatic heterocycles. The van der Waals surface area contributed by atoms with Crippen LogP contribution in [0.5, 0.6) is 0 Å². The average Bonchev–Trinajstić information content (AvgIpc) is 2.87. The van der Waals surface area contributed by atoms with Gasteiger partial charge in [-0.2, -0.15) is 0 Å². The molecule has 22 heavy (non-hydrogen) atoms. The fourth-order valence-corrected chi connectivity index (χ4v) is 3.30. The second kappa shape index (κ2) is 5.34. The fourth-order valence-electron chi connectivity index (χ4n) is 3.30. The molecule has 4 nitrogen and oxygen atoms in total. The lowest BCUT2D eigenvalue weighted by Crippen LogP contribution is -2.41. The Morgan fingerprint density at radius 2 is 1.45 bits per heavy atom. The first-order valence-corrected chi connectivity index (χ1v) is 8.08. The lowest BCUT2D eigenvalue weighted by molar-refractivity contribution is 0.00578. The summed E-state index contributed by atoms with van der Waals surface area (Å²) in [7, 11) is 4.05. The van der Waals surface area contributed by atoms with Crippen LogP contribution in [0.4, 0.5) is 0 Å². The van der Waals surface area contributed by atoms with E-state index in [-0.39, 0.29) is 24.5 Å². The number of hydrogen-bond donors (Lipinski definition) is 0. The Hall–Kier alpha value is -0.875. The molecule has 2 fully saturated rings. The molecule has 3 rings (SSSR count). The molecule has 5 heteroatoms. The molecule has 0 amide bonds. The molecule has 2 aliphatic rings. The molecule has 0 bridgehead atoms. The molecule has 2 saturated heterocycles. The van der Waals surface area contributed by atoms with E-state index in [0.717, 1.165) is 18.6 Å². The van der Waals surface area contributed by atoms with Crippen LogP contribution in [0, 0.1) is 0 Å². The van der Waals surface area contributed by atoms with Crippen LogP contribution < -0.4 is 5.46 Å². The molecule has 0 N–H and O–H groups in total. The summed E-state index contributed by atoms with van der Waals surface area (Å²) in [5.41, 5.74) is 1.81. The molecule has 0 radical (unpaired) electrons. The van der Waals surface area contributed by atoms with Gasteiger partial charge < -0.3 is 9.31 Å². The quantitative estimate of drug-likeness (QED) is 0.779. The van der Waals surface area contributed by atoms with E-state index in [1.807, 2.05) is 0 Å². The Kier molecular flexibility index (Phi) is 3.88. The number of hydrogen-bond acceptors (Lipinski definition) is 4. The summed E-state index contributed by atoms with van der Waals surface area (Å²) in [6.07, 6.45) is 0.287. The highest BCUT2D eigenvalue weighted by molar-refractivity contribution is 6.62. The third kappa shape index (κ3) is 2.50. The fraction of sp³-hybridized carbons (Fsp3) is 0.647.